The van der Waals surface area contributed by atoms with Gasteiger partial charge < -0.3 is 4.98 Å². The molecule has 2 aromatic heterocycles. The third-order valence-electron chi connectivity index (χ3n) is 7.06. The van der Waals surface area contributed by atoms with Crippen LogP contribution in [0, 0.1) is 12.8 Å². The predicted molar refractivity (Wildman–Crippen MR) is 121 cm³/mol. The molecule has 1 N–H and O–H groups in total. The van der Waals surface area contributed by atoms with E-state index in [-0.39, 0.29) is 11.6 Å². The summed E-state index contributed by atoms with van der Waals surface area (Å²) in [7, 11) is 0. The van der Waals surface area contributed by atoms with E-state index < -0.39 is 0 Å². The van der Waals surface area contributed by atoms with Gasteiger partial charge >= 0.3 is 0 Å². The van der Waals surface area contributed by atoms with Crippen LogP contribution in [0.15, 0.2) is 29.1 Å². The molecule has 3 heterocycles. The van der Waals surface area contributed by atoms with Gasteiger partial charge in [0.25, 0.3) is 5.56 Å². The van der Waals surface area contributed by atoms with E-state index in [4.69, 9.17) is 0 Å². The molecule has 1 aliphatic carbocycles. The molecule has 1 aromatic carbocycles. The summed E-state index contributed by atoms with van der Waals surface area (Å²) >= 11 is 0. The summed E-state index contributed by atoms with van der Waals surface area (Å²) in [6, 6.07) is 8.31. The Kier molecular flexibility index (Phi) is 5.61. The fraction of sp³-hybridized carbons (Fsp3) is 0.583. The second-order valence-electron chi connectivity index (χ2n) is 9.56. The van der Waals surface area contributed by atoms with Crippen molar-refractivity contribution < 1.29 is 0 Å². The highest BCUT2D eigenvalue weighted by Gasteiger charge is 2.34. The van der Waals surface area contributed by atoms with Crippen molar-refractivity contribution in [3.05, 3.63) is 51.6 Å². The van der Waals surface area contributed by atoms with Crippen molar-refractivity contribution in [2.75, 3.05) is 13.1 Å². The summed E-state index contributed by atoms with van der Waals surface area (Å²) in [6.45, 7) is 6.28. The van der Waals surface area contributed by atoms with Crippen LogP contribution >= 0.6 is 0 Å². The number of piperidine rings is 1. The number of aromatic amines is 1. The molecule has 2 aliphatic rings. The number of hydrogen-bond donors (Lipinski definition) is 1. The van der Waals surface area contributed by atoms with Crippen LogP contribution in [0.5, 0.6) is 0 Å². The molecular weight excluding hydrogens is 388 g/mol. The summed E-state index contributed by atoms with van der Waals surface area (Å²) in [6.07, 6.45) is 8.28. The average Bonchev–Trinajstić information content (AvgIpc) is 3.25. The lowest BCUT2D eigenvalue weighted by Gasteiger charge is -2.37. The van der Waals surface area contributed by atoms with Gasteiger partial charge in [-0.1, -0.05) is 37.8 Å². The first kappa shape index (κ1) is 20.4. The molecule has 2 fully saturated rings. The maximum Gasteiger partial charge on any atom is 0.253 e. The van der Waals surface area contributed by atoms with Gasteiger partial charge in [0, 0.05) is 17.6 Å². The van der Waals surface area contributed by atoms with Crippen molar-refractivity contribution in [2.24, 2.45) is 5.92 Å². The fourth-order valence-electron chi connectivity index (χ4n) is 5.47. The maximum absolute atomic E-state index is 13.3. The Morgan fingerprint density at radius 1 is 1.10 bits per heavy atom. The highest BCUT2D eigenvalue weighted by Crippen LogP contribution is 2.34. The molecule has 7 nitrogen and oxygen atoms in total. The number of nitrogens with one attached hydrogen (secondary N) is 1. The van der Waals surface area contributed by atoms with Crippen LogP contribution in [-0.4, -0.2) is 43.2 Å². The van der Waals surface area contributed by atoms with Gasteiger partial charge in [0.1, 0.15) is 6.04 Å². The highest BCUT2D eigenvalue weighted by atomic mass is 16.1. The van der Waals surface area contributed by atoms with Gasteiger partial charge in [-0.15, -0.1) is 5.10 Å². The number of likely N-dealkylation sites (tertiary alicyclic amines) is 1. The Hall–Kier alpha value is -2.54. The van der Waals surface area contributed by atoms with Crippen molar-refractivity contribution >= 4 is 10.9 Å². The molecule has 31 heavy (non-hydrogen) atoms. The first-order valence-electron chi connectivity index (χ1n) is 11.8. The van der Waals surface area contributed by atoms with Crippen LogP contribution in [0.3, 0.4) is 0 Å². The molecule has 2 unspecified atom stereocenters. The zero-order valence-electron chi connectivity index (χ0n) is 18.5. The van der Waals surface area contributed by atoms with E-state index in [0.717, 1.165) is 54.6 Å². The predicted octanol–water partition coefficient (Wildman–Crippen LogP) is 4.15. The van der Waals surface area contributed by atoms with E-state index in [1.807, 2.05) is 16.8 Å². The zero-order chi connectivity index (χ0) is 21.4. The Bertz CT molecular complexity index is 1110. The molecule has 1 saturated heterocycles. The van der Waals surface area contributed by atoms with Crippen LogP contribution < -0.4 is 5.56 Å². The molecule has 3 aromatic rings. The minimum Gasteiger partial charge on any atom is -0.322 e. The minimum absolute atomic E-state index is 0.0437. The lowest BCUT2D eigenvalue weighted by atomic mass is 9.93. The molecule has 0 amide bonds. The van der Waals surface area contributed by atoms with Gasteiger partial charge in [0.05, 0.1) is 6.04 Å². The number of aryl methyl sites for hydroxylation is 1. The number of H-pyrrole nitrogens is 1. The number of tetrazole rings is 1. The number of hydrogen-bond acceptors (Lipinski definition) is 5. The maximum atomic E-state index is 13.3. The van der Waals surface area contributed by atoms with Gasteiger partial charge in [-0.2, -0.15) is 0 Å². The smallest absolute Gasteiger partial charge is 0.253 e. The summed E-state index contributed by atoms with van der Waals surface area (Å²) in [4.78, 5) is 18.8. The molecule has 1 aliphatic heterocycles. The van der Waals surface area contributed by atoms with Gasteiger partial charge in [-0.25, -0.2) is 4.68 Å². The number of fused-ring (bicyclic) bond motifs is 1. The molecule has 164 valence electrons. The number of pyridine rings is 1. The number of aromatic nitrogens is 5. The molecule has 5 rings (SSSR count). The molecular formula is C24H32N6O. The highest BCUT2D eigenvalue weighted by molar-refractivity contribution is 5.79. The van der Waals surface area contributed by atoms with E-state index in [0.29, 0.717) is 12.0 Å². The normalized spacial score (nSPS) is 22.1. The van der Waals surface area contributed by atoms with Crippen LogP contribution in [-0.2, 0) is 0 Å². The quantitative estimate of drug-likeness (QED) is 0.686. The molecule has 2 atom stereocenters. The first-order chi connectivity index (χ1) is 15.1. The number of nitrogens with zero attached hydrogens (tertiary/aromatic N) is 5. The van der Waals surface area contributed by atoms with Crippen molar-refractivity contribution in [1.82, 2.24) is 30.1 Å². The largest absolute Gasteiger partial charge is 0.322 e. The SMILES string of the molecule is Cc1ccc2[nH]c(=O)c(C(c3nnnn3C3CCCCC3)N3CCCC(C)C3)cc2c1. The van der Waals surface area contributed by atoms with Crippen LogP contribution in [0.1, 0.15) is 80.9 Å². The van der Waals surface area contributed by atoms with Crippen molar-refractivity contribution in [2.45, 2.75) is 70.9 Å². The van der Waals surface area contributed by atoms with Gasteiger partial charge in [-0.05, 0) is 79.1 Å². The topological polar surface area (TPSA) is 79.7 Å². The van der Waals surface area contributed by atoms with E-state index in [2.05, 4.69) is 51.4 Å². The van der Waals surface area contributed by atoms with E-state index >= 15 is 0 Å². The van der Waals surface area contributed by atoms with Gasteiger partial charge in [-0.3, -0.25) is 9.69 Å². The third-order valence-corrected chi connectivity index (χ3v) is 7.06. The second kappa shape index (κ2) is 8.54. The molecule has 0 bridgehead atoms. The van der Waals surface area contributed by atoms with E-state index in [9.17, 15) is 4.79 Å². The summed E-state index contributed by atoms with van der Waals surface area (Å²) < 4.78 is 2.03. The lowest BCUT2D eigenvalue weighted by molar-refractivity contribution is 0.138. The molecule has 7 heteroatoms. The second-order valence-corrected chi connectivity index (χ2v) is 9.56. The monoisotopic (exact) mass is 420 g/mol. The average molecular weight is 421 g/mol. The van der Waals surface area contributed by atoms with E-state index in [1.54, 1.807) is 0 Å². The lowest BCUT2D eigenvalue weighted by Crippen LogP contribution is -2.41. The Balaban J connectivity index is 1.64. The van der Waals surface area contributed by atoms with E-state index in [1.165, 1.54) is 31.2 Å². The first-order valence-corrected chi connectivity index (χ1v) is 11.8. The summed E-state index contributed by atoms with van der Waals surface area (Å²) in [5.74, 6) is 1.41. The molecule has 0 radical (unpaired) electrons. The number of rotatable bonds is 4. The van der Waals surface area contributed by atoms with Crippen molar-refractivity contribution in [1.29, 1.82) is 0 Å². The standard InChI is InChI=1S/C24H32N6O/c1-16-10-11-21-18(13-16)14-20(24(31)25-21)22(29-12-6-7-17(2)15-29)23-26-27-28-30(23)19-8-4-3-5-9-19/h10-11,13-14,17,19,22H,3-9,12,15H2,1-2H3,(H,25,31). The number of benzene rings is 1. The van der Waals surface area contributed by atoms with Crippen molar-refractivity contribution in [3.63, 3.8) is 0 Å². The Labute approximate surface area is 182 Å². The molecule has 0 spiro atoms. The zero-order valence-corrected chi connectivity index (χ0v) is 18.5. The van der Waals surface area contributed by atoms with Crippen LogP contribution in [0.4, 0.5) is 0 Å². The Morgan fingerprint density at radius 3 is 2.74 bits per heavy atom. The van der Waals surface area contributed by atoms with Gasteiger partial charge in [0.15, 0.2) is 5.82 Å². The van der Waals surface area contributed by atoms with Crippen molar-refractivity contribution in [3.8, 4) is 0 Å². The van der Waals surface area contributed by atoms with Crippen LogP contribution in [0.2, 0.25) is 0 Å². The van der Waals surface area contributed by atoms with Crippen LogP contribution in [0.25, 0.3) is 10.9 Å². The Morgan fingerprint density at radius 2 is 1.94 bits per heavy atom. The molecule has 1 saturated carbocycles. The summed E-state index contributed by atoms with van der Waals surface area (Å²) in [5, 5.41) is 14.1. The fourth-order valence-corrected chi connectivity index (χ4v) is 5.47. The third kappa shape index (κ3) is 4.03. The van der Waals surface area contributed by atoms with Gasteiger partial charge in [0.2, 0.25) is 0 Å². The summed E-state index contributed by atoms with van der Waals surface area (Å²) in [5.41, 5.74) is 2.76. The minimum atomic E-state index is -0.228.